The molecule has 0 aromatic carbocycles. The number of carbonyl (C=O) groups is 3. The van der Waals surface area contributed by atoms with Crippen molar-refractivity contribution in [3.05, 3.63) is 50.0 Å². The fourth-order valence-electron chi connectivity index (χ4n) is 3.34. The van der Waals surface area contributed by atoms with E-state index in [2.05, 4.69) is 15.5 Å². The Bertz CT molecular complexity index is 1310. The van der Waals surface area contributed by atoms with Gasteiger partial charge in [-0.1, -0.05) is 16.9 Å². The number of aryl methyl sites for hydroxylation is 1. The first-order chi connectivity index (χ1) is 16.2. The van der Waals surface area contributed by atoms with Gasteiger partial charge in [0.2, 0.25) is 0 Å². The zero-order valence-corrected chi connectivity index (χ0v) is 23.0. The molecule has 2 aliphatic heterocycles. The molecule has 2 atom stereocenters. The number of thioether (sulfide) groups is 2. The third-order valence-electron chi connectivity index (χ3n) is 4.68. The number of carboxylic acids is 1. The smallest absolute Gasteiger partial charge is 0.543 e. The SMILES string of the molecule is CO/N=C(\C(=O)N[C@@H]1C(=O)N2C(C(=O)[O-])=C(Sc3cc(C)oc(=O)c3)CS[C@H]12)c1csc(N)n1.[Na+]. The van der Waals surface area contributed by atoms with E-state index in [9.17, 15) is 24.3 Å². The molecule has 16 heteroatoms. The van der Waals surface area contributed by atoms with Gasteiger partial charge >= 0.3 is 35.2 Å². The number of carbonyl (C=O) groups excluding carboxylic acids is 3. The van der Waals surface area contributed by atoms with Crippen LogP contribution >= 0.6 is 34.9 Å². The fraction of sp³-hybridized carbons (Fsp3) is 0.263. The van der Waals surface area contributed by atoms with E-state index in [1.807, 2.05) is 0 Å². The largest absolute Gasteiger partial charge is 1.00 e. The zero-order chi connectivity index (χ0) is 24.6. The zero-order valence-electron chi connectivity index (χ0n) is 18.6. The molecule has 3 N–H and O–H groups in total. The second-order valence-corrected chi connectivity index (χ2v) is 10.1. The van der Waals surface area contributed by atoms with Gasteiger partial charge in [0.15, 0.2) is 10.8 Å². The summed E-state index contributed by atoms with van der Waals surface area (Å²) < 4.78 is 4.92. The summed E-state index contributed by atoms with van der Waals surface area (Å²) in [6, 6.07) is 1.82. The second kappa shape index (κ2) is 11.2. The topological polar surface area (TPSA) is 180 Å². The minimum atomic E-state index is -1.54. The third-order valence-corrected chi connectivity index (χ3v) is 7.88. The molecule has 2 amide bonds. The first-order valence-corrected chi connectivity index (χ1v) is 12.3. The van der Waals surface area contributed by atoms with Crippen molar-refractivity contribution in [1.82, 2.24) is 15.2 Å². The molecule has 1 saturated heterocycles. The van der Waals surface area contributed by atoms with Crippen LogP contribution in [-0.4, -0.2) is 57.7 Å². The molecule has 4 rings (SSSR count). The molecule has 2 aromatic rings. The van der Waals surface area contributed by atoms with Crippen LogP contribution in [0, 0.1) is 6.92 Å². The summed E-state index contributed by atoms with van der Waals surface area (Å²) in [6.45, 7) is 1.60. The Morgan fingerprint density at radius 2 is 2.14 bits per heavy atom. The molecule has 12 nitrogen and oxygen atoms in total. The number of aliphatic carboxylic acids is 1. The molecule has 4 heterocycles. The van der Waals surface area contributed by atoms with E-state index in [0.29, 0.717) is 15.6 Å². The monoisotopic (exact) mass is 545 g/mol. The molecular formula is C19H16N5NaO7S3. The predicted molar refractivity (Wildman–Crippen MR) is 123 cm³/mol. The number of nitrogens with zero attached hydrogens (tertiary/aromatic N) is 3. The summed E-state index contributed by atoms with van der Waals surface area (Å²) in [5, 5.41) is 19.2. The van der Waals surface area contributed by atoms with Gasteiger partial charge in [-0.3, -0.25) is 14.5 Å². The Morgan fingerprint density at radius 3 is 2.74 bits per heavy atom. The van der Waals surface area contributed by atoms with Gasteiger partial charge in [-0.25, -0.2) is 9.78 Å². The van der Waals surface area contributed by atoms with E-state index in [-0.39, 0.29) is 57.5 Å². The Kier molecular flexibility index (Phi) is 8.72. The van der Waals surface area contributed by atoms with Gasteiger partial charge in [0.05, 0.1) is 11.7 Å². The molecule has 35 heavy (non-hydrogen) atoms. The van der Waals surface area contributed by atoms with Crippen molar-refractivity contribution in [2.75, 3.05) is 18.6 Å². The number of rotatable bonds is 7. The van der Waals surface area contributed by atoms with Crippen LogP contribution in [0.3, 0.4) is 0 Å². The number of nitrogens with two attached hydrogens (primary N) is 1. The maximum absolute atomic E-state index is 12.9. The Balaban J connectivity index is 0.00000342. The molecular weight excluding hydrogens is 529 g/mol. The summed E-state index contributed by atoms with van der Waals surface area (Å²) in [4.78, 5) is 59.8. The van der Waals surface area contributed by atoms with Crippen LogP contribution in [0.25, 0.3) is 0 Å². The van der Waals surface area contributed by atoms with Crippen molar-refractivity contribution >= 4 is 63.5 Å². The summed E-state index contributed by atoms with van der Waals surface area (Å²) in [5.41, 5.74) is 4.75. The van der Waals surface area contributed by atoms with Crippen LogP contribution in [0.1, 0.15) is 11.5 Å². The number of oxime groups is 1. The van der Waals surface area contributed by atoms with E-state index < -0.39 is 34.8 Å². The van der Waals surface area contributed by atoms with Gasteiger partial charge in [0.25, 0.3) is 11.8 Å². The molecule has 0 spiro atoms. The number of β-lactam (4-membered cyclic amide) rings is 1. The van der Waals surface area contributed by atoms with Crippen LogP contribution in [0.2, 0.25) is 0 Å². The number of nitrogen functional groups attached to an aromatic ring is 1. The summed E-state index contributed by atoms with van der Waals surface area (Å²) in [7, 11) is 1.25. The minimum Gasteiger partial charge on any atom is -0.543 e. The summed E-state index contributed by atoms with van der Waals surface area (Å²) in [6.07, 6.45) is 0. The van der Waals surface area contributed by atoms with Gasteiger partial charge in [0, 0.05) is 27.0 Å². The number of hydrogen-bond acceptors (Lipinski definition) is 13. The Hall–Kier alpha value is -2.30. The van der Waals surface area contributed by atoms with E-state index >= 15 is 0 Å². The number of hydrogen-bond donors (Lipinski definition) is 2. The van der Waals surface area contributed by atoms with E-state index in [1.165, 1.54) is 30.3 Å². The number of fused-ring (bicyclic) bond motifs is 1. The van der Waals surface area contributed by atoms with E-state index in [4.69, 9.17) is 15.0 Å². The standard InChI is InChI=1S/C19H17N5O7S3.Na/c1-7-3-8(4-11(25)31-7)34-10-6-32-17-13(16(27)24(17)14(10)18(28)29)22-15(26)12(23-30-2)9-5-33-19(20)21-9;/h3-5,13,17H,6H2,1-2H3,(H2,20,21)(H,22,26)(H,28,29);/q;+1/p-1/b23-12-;/t13-,17-;/m1./s1. The van der Waals surface area contributed by atoms with Crippen LogP contribution < -0.4 is 51.3 Å². The maximum Gasteiger partial charge on any atom is 1.00 e. The van der Waals surface area contributed by atoms with E-state index in [0.717, 1.165) is 28.0 Å². The van der Waals surface area contributed by atoms with Crippen LogP contribution in [0.15, 0.2) is 47.4 Å². The first kappa shape index (κ1) is 27.3. The van der Waals surface area contributed by atoms with Crippen LogP contribution in [0.5, 0.6) is 0 Å². The number of anilines is 1. The third kappa shape index (κ3) is 5.59. The number of nitrogens with one attached hydrogen (secondary N) is 1. The number of amides is 2. The van der Waals surface area contributed by atoms with Gasteiger partial charge in [-0.15, -0.1) is 23.1 Å². The molecule has 0 aliphatic carbocycles. The summed E-state index contributed by atoms with van der Waals surface area (Å²) in [5.74, 6) is -2.30. The van der Waals surface area contributed by atoms with Crippen molar-refractivity contribution in [2.45, 2.75) is 23.2 Å². The second-order valence-electron chi connectivity index (χ2n) is 6.94. The molecule has 178 valence electrons. The molecule has 0 unspecified atom stereocenters. The molecule has 0 radical (unpaired) electrons. The first-order valence-electron chi connectivity index (χ1n) is 9.51. The minimum absolute atomic E-state index is 0. The number of carboxylic acid groups (broad SMARTS) is 1. The number of aromatic nitrogens is 1. The maximum atomic E-state index is 12.9. The molecule has 1 fully saturated rings. The molecule has 2 aromatic heterocycles. The van der Waals surface area contributed by atoms with E-state index in [1.54, 1.807) is 13.0 Å². The van der Waals surface area contributed by atoms with Crippen molar-refractivity contribution in [3.8, 4) is 0 Å². The van der Waals surface area contributed by atoms with Crippen molar-refractivity contribution in [1.29, 1.82) is 0 Å². The molecule has 2 aliphatic rings. The van der Waals surface area contributed by atoms with Crippen molar-refractivity contribution in [2.24, 2.45) is 5.16 Å². The quantitative estimate of drug-likeness (QED) is 0.152. The Morgan fingerprint density at radius 1 is 1.40 bits per heavy atom. The predicted octanol–water partition coefficient (Wildman–Crippen LogP) is -3.50. The van der Waals surface area contributed by atoms with Crippen LogP contribution in [0.4, 0.5) is 5.13 Å². The average molecular weight is 546 g/mol. The summed E-state index contributed by atoms with van der Waals surface area (Å²) >= 11 is 3.41. The molecule has 0 bridgehead atoms. The normalized spacial score (nSPS) is 19.4. The van der Waals surface area contributed by atoms with Crippen LogP contribution in [-0.2, 0) is 19.2 Å². The van der Waals surface area contributed by atoms with Gasteiger partial charge in [-0.2, -0.15) is 0 Å². The van der Waals surface area contributed by atoms with Crippen molar-refractivity contribution < 1.29 is 58.3 Å². The fourth-order valence-corrected chi connectivity index (χ4v) is 6.46. The molecule has 0 saturated carbocycles. The number of thiazole rings is 1. The van der Waals surface area contributed by atoms with Gasteiger partial charge < -0.3 is 30.2 Å². The Labute approximate surface area is 232 Å². The van der Waals surface area contributed by atoms with Crippen molar-refractivity contribution in [3.63, 3.8) is 0 Å². The average Bonchev–Trinajstić information content (AvgIpc) is 3.20. The van der Waals surface area contributed by atoms with Gasteiger partial charge in [0.1, 0.15) is 30.0 Å². The van der Waals surface area contributed by atoms with Gasteiger partial charge in [-0.05, 0) is 13.0 Å².